The molecule has 1 saturated heterocycles. The van der Waals surface area contributed by atoms with Crippen LogP contribution in [0.15, 0.2) is 102 Å². The van der Waals surface area contributed by atoms with Gasteiger partial charge >= 0.3 is 5.97 Å². The maximum absolute atomic E-state index is 12.5. The van der Waals surface area contributed by atoms with Crippen molar-refractivity contribution in [3.05, 3.63) is 125 Å². The van der Waals surface area contributed by atoms with E-state index in [2.05, 4.69) is 10.6 Å². The molecule has 11 heteroatoms. The summed E-state index contributed by atoms with van der Waals surface area (Å²) in [6, 6.07) is 29.5. The maximum Gasteiger partial charge on any atom is 0.336 e. The maximum atomic E-state index is 12.5. The van der Waals surface area contributed by atoms with Crippen LogP contribution < -0.4 is 16.4 Å². The summed E-state index contributed by atoms with van der Waals surface area (Å²) in [4.78, 5) is 37.1. The highest BCUT2D eigenvalue weighted by molar-refractivity contribution is 7.99. The van der Waals surface area contributed by atoms with Crippen LogP contribution in [-0.2, 0) is 32.2 Å². The van der Waals surface area contributed by atoms with Gasteiger partial charge in [-0.25, -0.2) is 4.79 Å². The minimum absolute atomic E-state index is 0.0429. The summed E-state index contributed by atoms with van der Waals surface area (Å²) < 4.78 is 12.9. The van der Waals surface area contributed by atoms with Crippen LogP contribution in [0.5, 0.6) is 0 Å². The second-order valence-corrected chi connectivity index (χ2v) is 13.2. The SMILES string of the molecule is Nc1ccccc1NC(=O)CCCCCC(=O)NCc1ccc(C2OC(CSc3ccccc3C(=O)O)CC(c3ccc(CO)cc3)O2)cc1. The molecule has 1 fully saturated rings. The topological polar surface area (TPSA) is 160 Å². The Morgan fingerprint density at radius 3 is 2.16 bits per heavy atom. The number of nitrogen functional groups attached to an aromatic ring is 1. The van der Waals surface area contributed by atoms with E-state index in [4.69, 9.17) is 15.2 Å². The minimum atomic E-state index is -0.968. The van der Waals surface area contributed by atoms with Gasteiger partial charge < -0.3 is 36.1 Å². The number of aliphatic hydroxyl groups excluding tert-OH is 1. The molecule has 4 aromatic rings. The first-order valence-electron chi connectivity index (χ1n) is 16.7. The Labute approximate surface area is 296 Å². The number of carboxylic acid groups (broad SMARTS) is 1. The highest BCUT2D eigenvalue weighted by atomic mass is 32.2. The summed E-state index contributed by atoms with van der Waals surface area (Å²) in [5, 5.41) is 24.9. The number of hydrogen-bond donors (Lipinski definition) is 5. The van der Waals surface area contributed by atoms with E-state index in [0.717, 1.165) is 28.7 Å². The van der Waals surface area contributed by atoms with Gasteiger partial charge in [0.05, 0.1) is 35.8 Å². The number of thioether (sulfide) groups is 1. The number of aliphatic hydroxyl groups is 1. The quantitative estimate of drug-likeness (QED) is 0.0472. The Balaban J connectivity index is 1.11. The zero-order valence-electron chi connectivity index (χ0n) is 27.8. The summed E-state index contributed by atoms with van der Waals surface area (Å²) in [5.41, 5.74) is 10.8. The third-order valence-corrected chi connectivity index (χ3v) is 9.65. The van der Waals surface area contributed by atoms with E-state index in [1.54, 1.807) is 30.3 Å². The van der Waals surface area contributed by atoms with Crippen molar-refractivity contribution in [1.82, 2.24) is 5.32 Å². The van der Waals surface area contributed by atoms with Crippen molar-refractivity contribution in [2.45, 2.75) is 75.1 Å². The van der Waals surface area contributed by atoms with E-state index in [1.165, 1.54) is 11.8 Å². The summed E-state index contributed by atoms with van der Waals surface area (Å²) in [6.07, 6.45) is 2.32. The molecule has 1 aliphatic heterocycles. The van der Waals surface area contributed by atoms with Crippen LogP contribution in [0.4, 0.5) is 11.4 Å². The molecule has 0 aliphatic carbocycles. The fraction of sp³-hybridized carbons (Fsp3) is 0.308. The number of hydrogen-bond acceptors (Lipinski definition) is 8. The summed E-state index contributed by atoms with van der Waals surface area (Å²) in [6.45, 7) is 0.341. The van der Waals surface area contributed by atoms with Crippen molar-refractivity contribution >= 4 is 40.9 Å². The van der Waals surface area contributed by atoms with E-state index in [1.807, 2.05) is 66.7 Å². The highest BCUT2D eigenvalue weighted by Crippen LogP contribution is 2.40. The smallest absolute Gasteiger partial charge is 0.336 e. The van der Waals surface area contributed by atoms with Gasteiger partial charge in [-0.2, -0.15) is 0 Å². The van der Waals surface area contributed by atoms with Crippen molar-refractivity contribution in [2.75, 3.05) is 16.8 Å². The first-order chi connectivity index (χ1) is 24.3. The lowest BCUT2D eigenvalue weighted by molar-refractivity contribution is -0.245. The van der Waals surface area contributed by atoms with Gasteiger partial charge in [-0.3, -0.25) is 9.59 Å². The normalized spacial score (nSPS) is 17.2. The lowest BCUT2D eigenvalue weighted by Gasteiger charge is -2.36. The third kappa shape index (κ3) is 10.7. The van der Waals surface area contributed by atoms with Gasteiger partial charge in [-0.05, 0) is 53.8 Å². The molecule has 3 atom stereocenters. The molecule has 4 aromatic carbocycles. The molecule has 10 nitrogen and oxygen atoms in total. The van der Waals surface area contributed by atoms with Gasteiger partial charge in [-0.15, -0.1) is 11.8 Å². The van der Waals surface area contributed by atoms with Crippen LogP contribution >= 0.6 is 11.8 Å². The van der Waals surface area contributed by atoms with Crippen LogP contribution in [0.3, 0.4) is 0 Å². The molecular formula is C39H43N3O7S. The molecule has 0 radical (unpaired) electrons. The number of carboxylic acids is 1. The Morgan fingerprint density at radius 1 is 0.780 bits per heavy atom. The fourth-order valence-electron chi connectivity index (χ4n) is 5.63. The monoisotopic (exact) mass is 697 g/mol. The van der Waals surface area contributed by atoms with Crippen molar-refractivity contribution in [3.8, 4) is 0 Å². The Hall–Kier alpha value is -4.68. The third-order valence-electron chi connectivity index (χ3n) is 8.44. The molecule has 50 heavy (non-hydrogen) atoms. The molecule has 6 N–H and O–H groups in total. The molecular weight excluding hydrogens is 655 g/mol. The number of carbonyl (C=O) groups excluding carboxylic acids is 2. The Morgan fingerprint density at radius 2 is 1.44 bits per heavy atom. The van der Waals surface area contributed by atoms with Gasteiger partial charge in [0.25, 0.3) is 0 Å². The molecule has 0 bridgehead atoms. The van der Waals surface area contributed by atoms with Crippen molar-refractivity contribution in [2.24, 2.45) is 0 Å². The molecule has 2 amide bonds. The number of aromatic carboxylic acids is 1. The fourth-order valence-corrected chi connectivity index (χ4v) is 6.69. The number of unbranched alkanes of at least 4 members (excludes halogenated alkanes) is 2. The average Bonchev–Trinajstić information content (AvgIpc) is 3.14. The number of para-hydroxylation sites is 2. The molecule has 3 unspecified atom stereocenters. The Kier molecular flexibility index (Phi) is 13.4. The lowest BCUT2D eigenvalue weighted by atomic mass is 10.0. The average molecular weight is 698 g/mol. The number of benzene rings is 4. The van der Waals surface area contributed by atoms with Gasteiger partial charge in [0, 0.05) is 42.0 Å². The predicted molar refractivity (Wildman–Crippen MR) is 193 cm³/mol. The zero-order chi connectivity index (χ0) is 35.3. The van der Waals surface area contributed by atoms with Crippen LogP contribution in [0.25, 0.3) is 0 Å². The van der Waals surface area contributed by atoms with Crippen LogP contribution in [0.1, 0.15) is 83.5 Å². The van der Waals surface area contributed by atoms with Crippen LogP contribution in [0, 0.1) is 0 Å². The first-order valence-corrected chi connectivity index (χ1v) is 17.7. The molecule has 1 heterocycles. The van der Waals surface area contributed by atoms with Crippen LogP contribution in [0.2, 0.25) is 0 Å². The summed E-state index contributed by atoms with van der Waals surface area (Å²) in [7, 11) is 0. The van der Waals surface area contributed by atoms with Gasteiger partial charge in [0.15, 0.2) is 6.29 Å². The number of amides is 2. The highest BCUT2D eigenvalue weighted by Gasteiger charge is 2.32. The summed E-state index contributed by atoms with van der Waals surface area (Å²) >= 11 is 1.45. The van der Waals surface area contributed by atoms with Gasteiger partial charge in [-0.1, -0.05) is 79.2 Å². The number of ether oxygens (including phenoxy) is 2. The second kappa shape index (κ2) is 18.4. The molecule has 262 valence electrons. The van der Waals surface area contributed by atoms with E-state index < -0.39 is 12.3 Å². The minimum Gasteiger partial charge on any atom is -0.478 e. The van der Waals surface area contributed by atoms with E-state index >= 15 is 0 Å². The van der Waals surface area contributed by atoms with Crippen molar-refractivity contribution in [3.63, 3.8) is 0 Å². The standard InChI is InChI=1S/C39H43N3O7S/c40-32-9-5-6-10-33(32)42-37(45)13-3-1-2-12-36(44)41-23-26-14-20-29(21-15-26)39-48-30(25-50-35-11-7-4-8-31(35)38(46)47)22-34(49-39)28-18-16-27(24-43)17-19-28/h4-11,14-21,30,34,39,43H,1-3,12-13,22-25,40H2,(H,41,44)(H,42,45)(H,46,47). The predicted octanol–water partition coefficient (Wildman–Crippen LogP) is 7.00. The number of nitrogens with one attached hydrogen (secondary N) is 2. The molecule has 5 rings (SSSR count). The number of nitrogens with two attached hydrogens (primary N) is 1. The molecule has 1 aliphatic rings. The molecule has 0 saturated carbocycles. The largest absolute Gasteiger partial charge is 0.478 e. The summed E-state index contributed by atoms with van der Waals surface area (Å²) in [5.74, 6) is -0.572. The number of carbonyl (C=O) groups is 3. The number of rotatable bonds is 16. The first kappa shape index (κ1) is 36.6. The van der Waals surface area contributed by atoms with Crippen molar-refractivity contribution in [1.29, 1.82) is 0 Å². The van der Waals surface area contributed by atoms with Gasteiger partial charge in [0.1, 0.15) is 0 Å². The van der Waals surface area contributed by atoms with Crippen LogP contribution in [-0.4, -0.2) is 39.9 Å². The van der Waals surface area contributed by atoms with Crippen molar-refractivity contribution < 1.29 is 34.1 Å². The number of anilines is 2. The second-order valence-electron chi connectivity index (χ2n) is 12.2. The van der Waals surface area contributed by atoms with Gasteiger partial charge in [0.2, 0.25) is 11.8 Å². The zero-order valence-corrected chi connectivity index (χ0v) is 28.6. The lowest BCUT2D eigenvalue weighted by Crippen LogP contribution is -2.31. The Bertz CT molecular complexity index is 1730. The van der Waals surface area contributed by atoms with E-state index in [9.17, 15) is 24.6 Å². The van der Waals surface area contributed by atoms with E-state index in [-0.39, 0.29) is 36.2 Å². The molecule has 0 aromatic heterocycles. The van der Waals surface area contributed by atoms with E-state index in [0.29, 0.717) is 60.7 Å². The molecule has 0 spiro atoms.